The maximum absolute atomic E-state index is 6.55. The highest BCUT2D eigenvalue weighted by atomic mass is 35.5. The summed E-state index contributed by atoms with van der Waals surface area (Å²) < 4.78 is 6.18. The van der Waals surface area contributed by atoms with Crippen molar-refractivity contribution in [1.82, 2.24) is 0 Å². The third kappa shape index (κ3) is 2.65. The molecular formula is C16H19Cl3O. The van der Waals surface area contributed by atoms with Crippen molar-refractivity contribution in [3.63, 3.8) is 0 Å². The third-order valence-corrected chi connectivity index (χ3v) is 6.03. The van der Waals surface area contributed by atoms with E-state index < -0.39 is 0 Å². The molecule has 4 heteroatoms. The molecule has 1 nitrogen and oxygen atoms in total. The van der Waals surface area contributed by atoms with Crippen LogP contribution in [0.2, 0.25) is 10.0 Å². The van der Waals surface area contributed by atoms with Crippen LogP contribution in [0.1, 0.15) is 44.9 Å². The van der Waals surface area contributed by atoms with E-state index in [1.54, 1.807) is 6.07 Å². The normalized spacial score (nSPS) is 28.8. The molecule has 2 aliphatic rings. The number of alkyl halides is 1. The lowest BCUT2D eigenvalue weighted by atomic mass is 9.61. The summed E-state index contributed by atoms with van der Waals surface area (Å²) in [6.45, 7) is 0. The molecule has 2 aliphatic carbocycles. The Kier molecular flexibility index (Phi) is 4.40. The van der Waals surface area contributed by atoms with Crippen LogP contribution in [0.25, 0.3) is 0 Å². The number of rotatable bonds is 2. The van der Waals surface area contributed by atoms with Gasteiger partial charge in [-0.3, -0.25) is 0 Å². The van der Waals surface area contributed by atoms with Crippen LogP contribution in [-0.2, 0) is 0 Å². The van der Waals surface area contributed by atoms with Gasteiger partial charge in [0.25, 0.3) is 0 Å². The summed E-state index contributed by atoms with van der Waals surface area (Å²) in [5.74, 6) is 0.730. The zero-order valence-electron chi connectivity index (χ0n) is 11.4. The molecule has 2 fully saturated rings. The Morgan fingerprint density at radius 2 is 1.75 bits per heavy atom. The van der Waals surface area contributed by atoms with Crippen molar-refractivity contribution in [1.29, 1.82) is 0 Å². The van der Waals surface area contributed by atoms with Crippen molar-refractivity contribution in [2.75, 3.05) is 0 Å². The summed E-state index contributed by atoms with van der Waals surface area (Å²) in [7, 11) is 0. The van der Waals surface area contributed by atoms with Gasteiger partial charge in [0, 0.05) is 22.2 Å². The van der Waals surface area contributed by atoms with Crippen LogP contribution in [-0.4, -0.2) is 11.5 Å². The molecule has 0 bridgehead atoms. The van der Waals surface area contributed by atoms with E-state index in [1.165, 1.54) is 38.5 Å². The van der Waals surface area contributed by atoms with Gasteiger partial charge < -0.3 is 4.74 Å². The Morgan fingerprint density at radius 1 is 1.05 bits per heavy atom. The molecule has 0 aromatic heterocycles. The predicted octanol–water partition coefficient (Wildman–Crippen LogP) is 6.09. The van der Waals surface area contributed by atoms with Gasteiger partial charge in [0.2, 0.25) is 0 Å². The van der Waals surface area contributed by atoms with Crippen LogP contribution in [0, 0.1) is 5.41 Å². The lowest BCUT2D eigenvalue weighted by molar-refractivity contribution is -0.0512. The van der Waals surface area contributed by atoms with Gasteiger partial charge in [0.1, 0.15) is 11.9 Å². The second-order valence-electron chi connectivity index (χ2n) is 6.03. The molecule has 1 spiro atoms. The number of hydrogen-bond acceptors (Lipinski definition) is 1. The van der Waals surface area contributed by atoms with Crippen molar-refractivity contribution in [3.8, 4) is 5.75 Å². The molecule has 3 rings (SSSR count). The highest BCUT2D eigenvalue weighted by Crippen LogP contribution is 2.55. The Labute approximate surface area is 135 Å². The van der Waals surface area contributed by atoms with Crippen LogP contribution in [0.15, 0.2) is 18.2 Å². The zero-order chi connectivity index (χ0) is 14.2. The molecule has 0 radical (unpaired) electrons. The maximum Gasteiger partial charge on any atom is 0.138 e. The molecule has 0 aliphatic heterocycles. The van der Waals surface area contributed by atoms with E-state index >= 15 is 0 Å². The first-order valence-electron chi connectivity index (χ1n) is 7.37. The van der Waals surface area contributed by atoms with Gasteiger partial charge in [0.15, 0.2) is 0 Å². The van der Waals surface area contributed by atoms with Gasteiger partial charge >= 0.3 is 0 Å². The molecule has 0 heterocycles. The van der Waals surface area contributed by atoms with Crippen molar-refractivity contribution < 1.29 is 4.74 Å². The van der Waals surface area contributed by atoms with Crippen molar-refractivity contribution in [2.24, 2.45) is 5.41 Å². The minimum absolute atomic E-state index is 0.154. The topological polar surface area (TPSA) is 9.23 Å². The quantitative estimate of drug-likeness (QED) is 0.595. The summed E-state index contributed by atoms with van der Waals surface area (Å²) in [4.78, 5) is 0. The molecule has 0 amide bonds. The van der Waals surface area contributed by atoms with Crippen molar-refractivity contribution in [3.05, 3.63) is 28.2 Å². The third-order valence-electron chi connectivity index (χ3n) is 4.88. The maximum atomic E-state index is 6.55. The number of halogens is 3. The summed E-state index contributed by atoms with van der Waals surface area (Å²) >= 11 is 18.7. The molecule has 0 saturated heterocycles. The Morgan fingerprint density at radius 3 is 2.35 bits per heavy atom. The highest BCUT2D eigenvalue weighted by molar-refractivity contribution is 6.35. The minimum Gasteiger partial charge on any atom is -0.488 e. The minimum atomic E-state index is 0.154. The molecule has 2 atom stereocenters. The molecule has 0 N–H and O–H groups in total. The molecular weight excluding hydrogens is 315 g/mol. The Hall–Kier alpha value is -0.110. The standard InChI is InChI=1S/C16H19Cl3O/c17-11-5-6-13(12(18)9-11)20-15-10-14(19)16(15)7-3-1-2-4-8-16/h5-6,9,14-15H,1-4,7-8,10H2. The lowest BCUT2D eigenvalue weighted by Crippen LogP contribution is -2.57. The van der Waals surface area contributed by atoms with Crippen LogP contribution in [0.4, 0.5) is 0 Å². The fourth-order valence-electron chi connectivity index (χ4n) is 3.61. The number of ether oxygens (including phenoxy) is 1. The van der Waals surface area contributed by atoms with E-state index in [0.29, 0.717) is 10.0 Å². The van der Waals surface area contributed by atoms with Gasteiger partial charge in [-0.2, -0.15) is 0 Å². The van der Waals surface area contributed by atoms with Gasteiger partial charge in [0.05, 0.1) is 5.02 Å². The van der Waals surface area contributed by atoms with E-state index in [9.17, 15) is 0 Å². The second-order valence-corrected chi connectivity index (χ2v) is 7.40. The van der Waals surface area contributed by atoms with Gasteiger partial charge in [-0.1, -0.05) is 48.9 Å². The Balaban J connectivity index is 1.76. The average Bonchev–Trinajstić information content (AvgIpc) is 2.69. The summed E-state index contributed by atoms with van der Waals surface area (Å²) in [6.07, 6.45) is 8.63. The zero-order valence-corrected chi connectivity index (χ0v) is 13.6. The molecule has 1 aromatic carbocycles. The van der Waals surface area contributed by atoms with E-state index in [1.807, 2.05) is 12.1 Å². The van der Waals surface area contributed by atoms with Gasteiger partial charge in [-0.15, -0.1) is 11.6 Å². The second kappa shape index (κ2) is 5.94. The number of hydrogen-bond donors (Lipinski definition) is 0. The van der Waals surface area contributed by atoms with Crippen LogP contribution >= 0.6 is 34.8 Å². The van der Waals surface area contributed by atoms with E-state index in [4.69, 9.17) is 39.5 Å². The van der Waals surface area contributed by atoms with Crippen molar-refractivity contribution in [2.45, 2.75) is 56.4 Å². The first-order chi connectivity index (χ1) is 9.62. The van der Waals surface area contributed by atoms with E-state index in [0.717, 1.165) is 12.2 Å². The fraction of sp³-hybridized carbons (Fsp3) is 0.625. The van der Waals surface area contributed by atoms with Crippen molar-refractivity contribution >= 4 is 34.8 Å². The SMILES string of the molecule is Clc1ccc(OC2CC(Cl)C23CCCCCC3)c(Cl)c1. The van der Waals surface area contributed by atoms with E-state index in [-0.39, 0.29) is 16.9 Å². The molecule has 2 unspecified atom stereocenters. The molecule has 1 aromatic rings. The average molecular weight is 334 g/mol. The monoisotopic (exact) mass is 332 g/mol. The van der Waals surface area contributed by atoms with Gasteiger partial charge in [-0.25, -0.2) is 0 Å². The van der Waals surface area contributed by atoms with Crippen LogP contribution in [0.5, 0.6) is 5.75 Å². The van der Waals surface area contributed by atoms with Crippen LogP contribution in [0.3, 0.4) is 0 Å². The summed E-state index contributed by atoms with van der Waals surface area (Å²) in [6, 6.07) is 5.41. The first kappa shape index (κ1) is 14.8. The molecule has 20 heavy (non-hydrogen) atoms. The van der Waals surface area contributed by atoms with Gasteiger partial charge in [-0.05, 0) is 31.0 Å². The smallest absolute Gasteiger partial charge is 0.138 e. The molecule has 2 saturated carbocycles. The summed E-state index contributed by atoms with van der Waals surface area (Å²) in [5, 5.41) is 1.46. The largest absolute Gasteiger partial charge is 0.488 e. The molecule has 110 valence electrons. The predicted molar refractivity (Wildman–Crippen MR) is 85.3 cm³/mol. The van der Waals surface area contributed by atoms with E-state index in [2.05, 4.69) is 0 Å². The Bertz CT molecular complexity index is 481. The lowest BCUT2D eigenvalue weighted by Gasteiger charge is -2.53. The number of benzene rings is 1. The van der Waals surface area contributed by atoms with Crippen LogP contribution < -0.4 is 4.74 Å². The fourth-order valence-corrected chi connectivity index (χ4v) is 4.58. The summed E-state index contributed by atoms with van der Waals surface area (Å²) in [5.41, 5.74) is 0.154. The first-order valence-corrected chi connectivity index (χ1v) is 8.57. The highest BCUT2D eigenvalue weighted by Gasteiger charge is 2.55.